The molecule has 0 aliphatic heterocycles. The van der Waals surface area contributed by atoms with Crippen LogP contribution in [0.5, 0.6) is 0 Å². The summed E-state index contributed by atoms with van der Waals surface area (Å²) in [6.07, 6.45) is 0. The molecule has 0 aliphatic rings. The predicted octanol–water partition coefficient (Wildman–Crippen LogP) is -0.347. The van der Waals surface area contributed by atoms with Crippen molar-refractivity contribution in [1.82, 2.24) is 10.6 Å². The number of urea groups is 1. The Kier molecular flexibility index (Phi) is 4.66. The molecule has 0 saturated heterocycles. The zero-order chi connectivity index (χ0) is 7.98. The van der Waals surface area contributed by atoms with Crippen molar-refractivity contribution in [2.24, 2.45) is 5.73 Å². The average Bonchev–Trinajstić information content (AvgIpc) is 1.88. The van der Waals surface area contributed by atoms with Gasteiger partial charge in [0.05, 0.1) is 0 Å². The zero-order valence-corrected chi connectivity index (χ0v) is 6.48. The molecule has 0 aliphatic carbocycles. The van der Waals surface area contributed by atoms with Gasteiger partial charge in [-0.3, -0.25) is 0 Å². The Morgan fingerprint density at radius 3 is 2.70 bits per heavy atom. The fraction of sp³-hybridized carbons (Fsp3) is 0.833. The van der Waals surface area contributed by atoms with Crippen LogP contribution < -0.4 is 16.4 Å². The van der Waals surface area contributed by atoms with Crippen molar-refractivity contribution < 1.29 is 4.79 Å². The minimum absolute atomic E-state index is 0.0477. The molecule has 60 valence electrons. The van der Waals surface area contributed by atoms with Crippen molar-refractivity contribution in [3.05, 3.63) is 0 Å². The number of hydrogen-bond donors (Lipinski definition) is 3. The monoisotopic (exact) mass is 145 g/mol. The number of carbonyl (C=O) groups excluding carboxylic acids is 1. The smallest absolute Gasteiger partial charge is 0.315 e. The molecule has 0 spiro atoms. The van der Waals surface area contributed by atoms with Crippen LogP contribution in [-0.2, 0) is 0 Å². The molecular formula is C6H15N3O. The molecule has 10 heavy (non-hydrogen) atoms. The molecule has 2 amide bonds. The molecule has 1 atom stereocenters. The van der Waals surface area contributed by atoms with E-state index in [1.165, 1.54) is 0 Å². The van der Waals surface area contributed by atoms with E-state index in [2.05, 4.69) is 10.6 Å². The standard InChI is InChI=1S/C6H15N3O/c1-3-8-6(10)9-5(2)4-7/h5H,3-4,7H2,1-2H3,(H2,8,9,10). The van der Waals surface area contributed by atoms with Crippen LogP contribution in [0.15, 0.2) is 0 Å². The van der Waals surface area contributed by atoms with E-state index in [0.29, 0.717) is 13.1 Å². The van der Waals surface area contributed by atoms with Crippen molar-refractivity contribution >= 4 is 6.03 Å². The fourth-order valence-corrected chi connectivity index (χ4v) is 0.494. The lowest BCUT2D eigenvalue weighted by Gasteiger charge is -2.10. The van der Waals surface area contributed by atoms with Gasteiger partial charge in [0.15, 0.2) is 0 Å². The summed E-state index contributed by atoms with van der Waals surface area (Å²) in [5, 5.41) is 5.26. The van der Waals surface area contributed by atoms with Crippen molar-refractivity contribution in [2.45, 2.75) is 19.9 Å². The Morgan fingerprint density at radius 2 is 2.30 bits per heavy atom. The summed E-state index contributed by atoms with van der Waals surface area (Å²) in [4.78, 5) is 10.7. The SMILES string of the molecule is CCNC(=O)NC(C)CN. The summed E-state index contributed by atoms with van der Waals surface area (Å²) in [6.45, 7) is 4.84. The first-order valence-corrected chi connectivity index (χ1v) is 3.45. The third kappa shape index (κ3) is 4.14. The second-order valence-corrected chi connectivity index (χ2v) is 2.14. The first-order valence-electron chi connectivity index (χ1n) is 3.45. The largest absolute Gasteiger partial charge is 0.338 e. The molecule has 0 aromatic rings. The number of amides is 2. The van der Waals surface area contributed by atoms with Gasteiger partial charge in [0.2, 0.25) is 0 Å². The van der Waals surface area contributed by atoms with Gasteiger partial charge < -0.3 is 16.4 Å². The van der Waals surface area contributed by atoms with E-state index in [9.17, 15) is 4.79 Å². The highest BCUT2D eigenvalue weighted by molar-refractivity contribution is 5.74. The Labute approximate surface area is 61.2 Å². The summed E-state index contributed by atoms with van der Waals surface area (Å²) >= 11 is 0. The van der Waals surface area contributed by atoms with E-state index in [1.807, 2.05) is 13.8 Å². The van der Waals surface area contributed by atoms with Crippen molar-refractivity contribution in [2.75, 3.05) is 13.1 Å². The van der Waals surface area contributed by atoms with Gasteiger partial charge in [-0.05, 0) is 13.8 Å². The third-order valence-electron chi connectivity index (χ3n) is 1.07. The number of hydrogen-bond acceptors (Lipinski definition) is 2. The molecule has 0 aromatic heterocycles. The molecule has 0 saturated carbocycles. The maximum atomic E-state index is 10.7. The molecule has 0 fully saturated rings. The highest BCUT2D eigenvalue weighted by atomic mass is 16.2. The van der Waals surface area contributed by atoms with Gasteiger partial charge in [0.25, 0.3) is 0 Å². The van der Waals surface area contributed by atoms with Crippen LogP contribution in [-0.4, -0.2) is 25.2 Å². The summed E-state index contributed by atoms with van der Waals surface area (Å²) in [6, 6.07) is -0.105. The van der Waals surface area contributed by atoms with E-state index in [0.717, 1.165) is 0 Å². The van der Waals surface area contributed by atoms with Crippen LogP contribution in [0.1, 0.15) is 13.8 Å². The van der Waals surface area contributed by atoms with Crippen molar-refractivity contribution in [3.8, 4) is 0 Å². The molecule has 0 radical (unpaired) electrons. The number of nitrogens with one attached hydrogen (secondary N) is 2. The Morgan fingerprint density at radius 1 is 1.70 bits per heavy atom. The minimum atomic E-state index is -0.152. The molecule has 1 unspecified atom stereocenters. The molecule has 0 aromatic carbocycles. The van der Waals surface area contributed by atoms with E-state index in [-0.39, 0.29) is 12.1 Å². The first kappa shape index (κ1) is 9.23. The molecule has 0 rings (SSSR count). The van der Waals surface area contributed by atoms with Crippen LogP contribution in [0.25, 0.3) is 0 Å². The van der Waals surface area contributed by atoms with Gasteiger partial charge >= 0.3 is 6.03 Å². The maximum absolute atomic E-state index is 10.7. The van der Waals surface area contributed by atoms with Crippen LogP contribution in [0, 0.1) is 0 Å². The molecule has 4 nitrogen and oxygen atoms in total. The number of carbonyl (C=O) groups is 1. The average molecular weight is 145 g/mol. The lowest BCUT2D eigenvalue weighted by Crippen LogP contribution is -2.43. The second kappa shape index (κ2) is 5.05. The van der Waals surface area contributed by atoms with Crippen LogP contribution in [0.3, 0.4) is 0 Å². The second-order valence-electron chi connectivity index (χ2n) is 2.14. The summed E-state index contributed by atoms with van der Waals surface area (Å²) in [5.41, 5.74) is 5.27. The Hall–Kier alpha value is -0.770. The summed E-state index contributed by atoms with van der Waals surface area (Å²) < 4.78 is 0. The van der Waals surface area contributed by atoms with Gasteiger partial charge in [-0.15, -0.1) is 0 Å². The van der Waals surface area contributed by atoms with Crippen molar-refractivity contribution in [1.29, 1.82) is 0 Å². The van der Waals surface area contributed by atoms with Gasteiger partial charge in [-0.2, -0.15) is 0 Å². The van der Waals surface area contributed by atoms with Crippen LogP contribution in [0.4, 0.5) is 4.79 Å². The van der Waals surface area contributed by atoms with E-state index >= 15 is 0 Å². The highest BCUT2D eigenvalue weighted by Gasteiger charge is 2.01. The van der Waals surface area contributed by atoms with Gasteiger partial charge in [0, 0.05) is 19.1 Å². The maximum Gasteiger partial charge on any atom is 0.315 e. The molecule has 0 heterocycles. The zero-order valence-electron chi connectivity index (χ0n) is 6.48. The Balaban J connectivity index is 3.37. The topological polar surface area (TPSA) is 67.2 Å². The third-order valence-corrected chi connectivity index (χ3v) is 1.07. The fourth-order valence-electron chi connectivity index (χ4n) is 0.494. The van der Waals surface area contributed by atoms with Gasteiger partial charge in [-0.25, -0.2) is 4.79 Å². The van der Waals surface area contributed by atoms with Crippen LogP contribution in [0.2, 0.25) is 0 Å². The highest BCUT2D eigenvalue weighted by Crippen LogP contribution is 1.74. The summed E-state index contributed by atoms with van der Waals surface area (Å²) in [7, 11) is 0. The van der Waals surface area contributed by atoms with E-state index < -0.39 is 0 Å². The predicted molar refractivity (Wildman–Crippen MR) is 40.7 cm³/mol. The lowest BCUT2D eigenvalue weighted by molar-refractivity contribution is 0.238. The molecule has 4 heteroatoms. The normalized spacial score (nSPS) is 12.3. The number of nitrogens with two attached hydrogens (primary N) is 1. The van der Waals surface area contributed by atoms with Crippen LogP contribution >= 0.6 is 0 Å². The summed E-state index contributed by atoms with van der Waals surface area (Å²) in [5.74, 6) is 0. The Bertz CT molecular complexity index is 105. The van der Waals surface area contributed by atoms with E-state index in [4.69, 9.17) is 5.73 Å². The quantitative estimate of drug-likeness (QED) is 0.508. The molecule has 4 N–H and O–H groups in total. The van der Waals surface area contributed by atoms with Gasteiger partial charge in [-0.1, -0.05) is 0 Å². The minimum Gasteiger partial charge on any atom is -0.338 e. The molecular weight excluding hydrogens is 130 g/mol. The van der Waals surface area contributed by atoms with Crippen molar-refractivity contribution in [3.63, 3.8) is 0 Å². The number of rotatable bonds is 3. The lowest BCUT2D eigenvalue weighted by atomic mass is 10.3. The first-order chi connectivity index (χ1) is 4.70. The van der Waals surface area contributed by atoms with Gasteiger partial charge in [0.1, 0.15) is 0 Å². The molecule has 0 bridgehead atoms. The van der Waals surface area contributed by atoms with E-state index in [1.54, 1.807) is 0 Å².